The van der Waals surface area contributed by atoms with E-state index in [1.54, 1.807) is 18.0 Å². The molecule has 0 bridgehead atoms. The Kier molecular flexibility index (Phi) is 4.98. The van der Waals surface area contributed by atoms with E-state index in [2.05, 4.69) is 15.3 Å². The maximum atomic E-state index is 12.8. The Morgan fingerprint density at radius 1 is 0.923 bits per heavy atom. The summed E-state index contributed by atoms with van der Waals surface area (Å²) in [5.41, 5.74) is 5.08. The fourth-order valence-corrected chi connectivity index (χ4v) is 2.80. The fourth-order valence-electron chi connectivity index (χ4n) is 2.80. The number of benzene rings is 2. The van der Waals surface area contributed by atoms with Gasteiger partial charge < -0.3 is 10.2 Å². The van der Waals surface area contributed by atoms with Gasteiger partial charge in [0.2, 0.25) is 5.95 Å². The van der Waals surface area contributed by atoms with Gasteiger partial charge in [-0.15, -0.1) is 0 Å². The molecule has 3 aromatic rings. The molecular weight excluding hydrogens is 324 g/mol. The van der Waals surface area contributed by atoms with Gasteiger partial charge in [0.15, 0.2) is 0 Å². The normalized spacial score (nSPS) is 10.5. The molecule has 0 saturated carbocycles. The predicted octanol–water partition coefficient (Wildman–Crippen LogP) is 4.42. The van der Waals surface area contributed by atoms with Crippen LogP contribution in [-0.4, -0.2) is 22.9 Å². The molecule has 0 unspecified atom stereocenters. The van der Waals surface area contributed by atoms with Crippen molar-refractivity contribution in [3.8, 4) is 0 Å². The minimum Gasteiger partial charge on any atom is -0.324 e. The van der Waals surface area contributed by atoms with Crippen molar-refractivity contribution < 1.29 is 4.79 Å². The van der Waals surface area contributed by atoms with E-state index in [0.717, 1.165) is 28.2 Å². The lowest BCUT2D eigenvalue weighted by atomic mass is 10.1. The van der Waals surface area contributed by atoms with Gasteiger partial charge in [-0.3, -0.25) is 4.79 Å². The van der Waals surface area contributed by atoms with Crippen LogP contribution >= 0.6 is 0 Å². The van der Waals surface area contributed by atoms with Gasteiger partial charge in [-0.05, 0) is 50.1 Å². The van der Waals surface area contributed by atoms with Gasteiger partial charge in [0, 0.05) is 24.1 Å². The number of nitrogens with one attached hydrogen (secondary N) is 1. The largest absolute Gasteiger partial charge is 0.324 e. The third-order valence-corrected chi connectivity index (χ3v) is 4.24. The molecule has 1 heterocycles. The zero-order chi connectivity index (χ0) is 18.7. The van der Waals surface area contributed by atoms with Gasteiger partial charge in [-0.2, -0.15) is 0 Å². The first kappa shape index (κ1) is 17.6. The number of carbonyl (C=O) groups excluding carboxylic acids is 1. The molecule has 1 amide bonds. The molecule has 0 atom stereocenters. The number of rotatable bonds is 4. The number of carbonyl (C=O) groups is 1. The summed E-state index contributed by atoms with van der Waals surface area (Å²) in [6, 6.07) is 17.3. The Morgan fingerprint density at radius 3 is 2.23 bits per heavy atom. The minimum absolute atomic E-state index is 0.175. The highest BCUT2D eigenvalue weighted by Crippen LogP contribution is 2.23. The van der Waals surface area contributed by atoms with Crippen molar-refractivity contribution in [2.45, 2.75) is 20.8 Å². The Labute approximate surface area is 153 Å². The molecule has 132 valence electrons. The number of para-hydroxylation sites is 2. The topological polar surface area (TPSA) is 58.1 Å². The molecule has 0 aliphatic heterocycles. The summed E-state index contributed by atoms with van der Waals surface area (Å²) >= 11 is 0. The van der Waals surface area contributed by atoms with Crippen molar-refractivity contribution in [1.29, 1.82) is 0 Å². The lowest BCUT2D eigenvalue weighted by Gasteiger charge is -2.18. The summed E-state index contributed by atoms with van der Waals surface area (Å²) in [5, 5.41) is 3.26. The SMILES string of the molecule is Cc1cc(C(=O)N(C)c2ccccc2)nc(Nc2c(C)cccc2C)n1. The highest BCUT2D eigenvalue weighted by Gasteiger charge is 2.17. The lowest BCUT2D eigenvalue weighted by Crippen LogP contribution is -2.27. The highest BCUT2D eigenvalue weighted by atomic mass is 16.2. The summed E-state index contributed by atoms with van der Waals surface area (Å²) < 4.78 is 0. The van der Waals surface area contributed by atoms with Crippen molar-refractivity contribution in [3.63, 3.8) is 0 Å². The maximum Gasteiger partial charge on any atom is 0.276 e. The third kappa shape index (κ3) is 3.72. The molecule has 26 heavy (non-hydrogen) atoms. The van der Waals surface area contributed by atoms with Crippen LogP contribution in [0.25, 0.3) is 0 Å². The van der Waals surface area contributed by atoms with Gasteiger partial charge in [-0.1, -0.05) is 36.4 Å². The second-order valence-corrected chi connectivity index (χ2v) is 6.31. The standard InChI is InChI=1S/C21H22N4O/c1-14-9-8-10-15(2)19(14)24-21-22-16(3)13-18(23-21)20(26)25(4)17-11-6-5-7-12-17/h5-13H,1-4H3,(H,22,23,24). The van der Waals surface area contributed by atoms with Crippen LogP contribution in [-0.2, 0) is 0 Å². The number of hydrogen-bond donors (Lipinski definition) is 1. The Balaban J connectivity index is 1.92. The van der Waals surface area contributed by atoms with Crippen molar-refractivity contribution in [1.82, 2.24) is 9.97 Å². The van der Waals surface area contributed by atoms with E-state index in [1.807, 2.05) is 69.3 Å². The van der Waals surface area contributed by atoms with E-state index in [-0.39, 0.29) is 5.91 Å². The molecule has 0 aliphatic carbocycles. The quantitative estimate of drug-likeness (QED) is 0.759. The number of nitrogens with zero attached hydrogens (tertiary/aromatic N) is 3. The van der Waals surface area contributed by atoms with E-state index in [4.69, 9.17) is 0 Å². The molecule has 2 aromatic carbocycles. The monoisotopic (exact) mass is 346 g/mol. The average molecular weight is 346 g/mol. The second kappa shape index (κ2) is 7.35. The summed E-state index contributed by atoms with van der Waals surface area (Å²) in [5.74, 6) is 0.249. The van der Waals surface area contributed by atoms with E-state index >= 15 is 0 Å². The molecule has 1 aromatic heterocycles. The molecule has 0 fully saturated rings. The molecule has 5 nitrogen and oxygen atoms in total. The van der Waals surface area contributed by atoms with Crippen LogP contribution in [0.2, 0.25) is 0 Å². The van der Waals surface area contributed by atoms with Crippen molar-refractivity contribution in [2.75, 3.05) is 17.3 Å². The smallest absolute Gasteiger partial charge is 0.276 e. The van der Waals surface area contributed by atoms with Gasteiger partial charge >= 0.3 is 0 Å². The zero-order valence-electron chi connectivity index (χ0n) is 15.4. The van der Waals surface area contributed by atoms with Gasteiger partial charge in [0.05, 0.1) is 0 Å². The van der Waals surface area contributed by atoms with Gasteiger partial charge in [0.25, 0.3) is 5.91 Å². The fraction of sp³-hybridized carbons (Fsp3) is 0.190. The molecule has 3 rings (SSSR count). The van der Waals surface area contributed by atoms with Gasteiger partial charge in [0.1, 0.15) is 5.69 Å². The van der Waals surface area contributed by atoms with Crippen molar-refractivity contribution in [3.05, 3.63) is 77.1 Å². The predicted molar refractivity (Wildman–Crippen MR) is 105 cm³/mol. The third-order valence-electron chi connectivity index (χ3n) is 4.24. The summed E-state index contributed by atoms with van der Waals surface area (Å²) in [6.07, 6.45) is 0. The Bertz CT molecular complexity index is 918. The maximum absolute atomic E-state index is 12.8. The Hall–Kier alpha value is -3.21. The van der Waals surface area contributed by atoms with E-state index in [9.17, 15) is 4.79 Å². The van der Waals surface area contributed by atoms with Crippen molar-refractivity contribution in [2.24, 2.45) is 0 Å². The number of aryl methyl sites for hydroxylation is 3. The number of anilines is 3. The van der Waals surface area contributed by atoms with Crippen LogP contribution < -0.4 is 10.2 Å². The summed E-state index contributed by atoms with van der Waals surface area (Å²) in [7, 11) is 1.74. The van der Waals surface area contributed by atoms with Crippen LogP contribution in [0.5, 0.6) is 0 Å². The van der Waals surface area contributed by atoms with Gasteiger partial charge in [-0.25, -0.2) is 9.97 Å². The Morgan fingerprint density at radius 2 is 1.58 bits per heavy atom. The van der Waals surface area contributed by atoms with Crippen LogP contribution in [0, 0.1) is 20.8 Å². The number of amides is 1. The molecule has 1 N–H and O–H groups in total. The molecule has 5 heteroatoms. The first-order valence-electron chi connectivity index (χ1n) is 8.48. The van der Waals surface area contributed by atoms with E-state index in [1.165, 1.54) is 0 Å². The first-order valence-corrected chi connectivity index (χ1v) is 8.48. The molecule has 0 aliphatic rings. The van der Waals surface area contributed by atoms with E-state index in [0.29, 0.717) is 11.6 Å². The summed E-state index contributed by atoms with van der Waals surface area (Å²) in [6.45, 7) is 5.91. The molecule has 0 radical (unpaired) electrons. The minimum atomic E-state index is -0.175. The zero-order valence-corrected chi connectivity index (χ0v) is 15.4. The van der Waals surface area contributed by atoms with Crippen LogP contribution in [0.4, 0.5) is 17.3 Å². The van der Waals surface area contributed by atoms with Crippen molar-refractivity contribution >= 4 is 23.2 Å². The van der Waals surface area contributed by atoms with Crippen LogP contribution in [0.1, 0.15) is 27.3 Å². The molecular formula is C21H22N4O. The van der Waals surface area contributed by atoms with Crippen LogP contribution in [0.15, 0.2) is 54.6 Å². The van der Waals surface area contributed by atoms with E-state index < -0.39 is 0 Å². The first-order chi connectivity index (χ1) is 12.5. The highest BCUT2D eigenvalue weighted by molar-refractivity contribution is 6.04. The number of aromatic nitrogens is 2. The molecule has 0 saturated heterocycles. The molecule has 0 spiro atoms. The second-order valence-electron chi connectivity index (χ2n) is 6.31. The lowest BCUT2D eigenvalue weighted by molar-refractivity contribution is 0.0988. The summed E-state index contributed by atoms with van der Waals surface area (Å²) in [4.78, 5) is 23.3. The van der Waals surface area contributed by atoms with Crippen LogP contribution in [0.3, 0.4) is 0 Å². The average Bonchev–Trinajstić information content (AvgIpc) is 2.64. The number of hydrogen-bond acceptors (Lipinski definition) is 4.